The van der Waals surface area contributed by atoms with Crippen LogP contribution in [0.1, 0.15) is 30.6 Å². The summed E-state index contributed by atoms with van der Waals surface area (Å²) in [7, 11) is 1.63. The van der Waals surface area contributed by atoms with E-state index in [1.54, 1.807) is 16.9 Å². The molecule has 1 saturated heterocycles. The molecule has 0 aliphatic carbocycles. The molecule has 0 unspecified atom stereocenters. The van der Waals surface area contributed by atoms with E-state index in [-0.39, 0.29) is 18.4 Å². The Hall–Kier alpha value is -4.01. The Kier molecular flexibility index (Phi) is 8.89. The number of piperazine rings is 1. The van der Waals surface area contributed by atoms with Crippen molar-refractivity contribution >= 4 is 17.6 Å². The van der Waals surface area contributed by atoms with E-state index in [1.807, 2.05) is 36.4 Å². The molecule has 0 N–H and O–H groups in total. The van der Waals surface area contributed by atoms with Crippen LogP contribution in [0.5, 0.6) is 5.75 Å². The third-order valence-corrected chi connectivity index (χ3v) is 6.65. The first-order chi connectivity index (χ1) is 18.3. The number of hydrogen-bond acceptors (Lipinski definition) is 6. The maximum atomic E-state index is 13.3. The van der Waals surface area contributed by atoms with Gasteiger partial charge in [0.2, 0.25) is 5.91 Å². The Morgan fingerprint density at radius 1 is 1.00 bits per heavy atom. The maximum absolute atomic E-state index is 13.3. The van der Waals surface area contributed by atoms with Crippen LogP contribution in [0.3, 0.4) is 0 Å². The standard InChI is InChI=1S/C29H34FN5O3/c1-21(2)13-14-35(29(37)22-7-9-24(30)10-8-22)20-28(36)34-17-15-33(16-18-34)27-12-11-26(31-32-27)23-5-4-6-25(19-23)38-3/h4-12,19,21H,13-18,20H2,1-3H3. The third-order valence-electron chi connectivity index (χ3n) is 6.65. The van der Waals surface area contributed by atoms with Crippen molar-refractivity contribution in [2.45, 2.75) is 20.3 Å². The largest absolute Gasteiger partial charge is 0.497 e. The zero-order chi connectivity index (χ0) is 27.1. The third kappa shape index (κ3) is 6.85. The summed E-state index contributed by atoms with van der Waals surface area (Å²) in [5, 5.41) is 8.79. The molecule has 1 aliphatic rings. The lowest BCUT2D eigenvalue weighted by Gasteiger charge is -2.36. The fraction of sp³-hybridized carbons (Fsp3) is 0.379. The SMILES string of the molecule is COc1cccc(-c2ccc(N3CCN(C(=O)CN(CCC(C)C)C(=O)c4ccc(F)cc4)CC3)nn2)c1. The summed E-state index contributed by atoms with van der Waals surface area (Å²) in [5.41, 5.74) is 2.06. The Morgan fingerprint density at radius 2 is 1.74 bits per heavy atom. The fourth-order valence-corrected chi connectivity index (χ4v) is 4.32. The van der Waals surface area contributed by atoms with Crippen LogP contribution in [0, 0.1) is 11.7 Å². The van der Waals surface area contributed by atoms with Crippen LogP contribution < -0.4 is 9.64 Å². The fourth-order valence-electron chi connectivity index (χ4n) is 4.32. The number of ether oxygens (including phenoxy) is 1. The van der Waals surface area contributed by atoms with Gasteiger partial charge in [0, 0.05) is 43.9 Å². The summed E-state index contributed by atoms with van der Waals surface area (Å²) in [6.45, 7) is 6.92. The number of anilines is 1. The van der Waals surface area contributed by atoms with Gasteiger partial charge in [-0.25, -0.2) is 4.39 Å². The van der Waals surface area contributed by atoms with Crippen LogP contribution in [0.25, 0.3) is 11.3 Å². The highest BCUT2D eigenvalue weighted by molar-refractivity contribution is 5.96. The molecule has 1 aliphatic heterocycles. The van der Waals surface area contributed by atoms with Crippen LogP contribution in [-0.2, 0) is 4.79 Å². The van der Waals surface area contributed by atoms with Gasteiger partial charge in [0.1, 0.15) is 18.1 Å². The van der Waals surface area contributed by atoms with Crippen molar-refractivity contribution in [3.63, 3.8) is 0 Å². The first-order valence-corrected chi connectivity index (χ1v) is 12.9. The average molecular weight is 520 g/mol. The quantitative estimate of drug-likeness (QED) is 0.423. The average Bonchev–Trinajstić information content (AvgIpc) is 2.95. The number of benzene rings is 2. The lowest BCUT2D eigenvalue weighted by Crippen LogP contribution is -2.52. The van der Waals surface area contributed by atoms with Crippen molar-refractivity contribution in [2.24, 2.45) is 5.92 Å². The molecule has 0 radical (unpaired) electrons. The Labute approximate surface area is 223 Å². The molecule has 4 rings (SSSR count). The second-order valence-corrected chi connectivity index (χ2v) is 9.79. The van der Waals surface area contributed by atoms with Gasteiger partial charge in [-0.15, -0.1) is 10.2 Å². The molecule has 1 fully saturated rings. The molecule has 38 heavy (non-hydrogen) atoms. The number of halogens is 1. The van der Waals surface area contributed by atoms with Gasteiger partial charge in [-0.3, -0.25) is 9.59 Å². The summed E-state index contributed by atoms with van der Waals surface area (Å²) >= 11 is 0. The number of carbonyl (C=O) groups excluding carboxylic acids is 2. The van der Waals surface area contributed by atoms with E-state index < -0.39 is 5.82 Å². The monoisotopic (exact) mass is 519 g/mol. The lowest BCUT2D eigenvalue weighted by molar-refractivity contribution is -0.132. The number of methoxy groups -OCH3 is 1. The highest BCUT2D eigenvalue weighted by Gasteiger charge is 2.26. The molecular weight excluding hydrogens is 485 g/mol. The van der Waals surface area contributed by atoms with Gasteiger partial charge in [-0.1, -0.05) is 26.0 Å². The Morgan fingerprint density at radius 3 is 2.37 bits per heavy atom. The van der Waals surface area contributed by atoms with Crippen LogP contribution in [-0.4, -0.2) is 78.2 Å². The van der Waals surface area contributed by atoms with Gasteiger partial charge in [0.15, 0.2) is 5.82 Å². The van der Waals surface area contributed by atoms with Crippen molar-refractivity contribution < 1.29 is 18.7 Å². The molecule has 8 nitrogen and oxygen atoms in total. The highest BCUT2D eigenvalue weighted by atomic mass is 19.1. The van der Waals surface area contributed by atoms with E-state index in [0.29, 0.717) is 44.2 Å². The molecule has 0 saturated carbocycles. The summed E-state index contributed by atoms with van der Waals surface area (Å²) in [4.78, 5) is 31.7. The van der Waals surface area contributed by atoms with Gasteiger partial charge >= 0.3 is 0 Å². The topological polar surface area (TPSA) is 78.9 Å². The van der Waals surface area contributed by atoms with E-state index >= 15 is 0 Å². The molecule has 200 valence electrons. The smallest absolute Gasteiger partial charge is 0.254 e. The minimum atomic E-state index is -0.399. The second kappa shape index (κ2) is 12.5. The van der Waals surface area contributed by atoms with Gasteiger partial charge in [0.25, 0.3) is 5.91 Å². The highest BCUT2D eigenvalue weighted by Crippen LogP contribution is 2.23. The van der Waals surface area contributed by atoms with Crippen LogP contribution >= 0.6 is 0 Å². The first kappa shape index (κ1) is 27.0. The molecular formula is C29H34FN5O3. The molecule has 0 atom stereocenters. The lowest BCUT2D eigenvalue weighted by atomic mass is 10.1. The summed E-state index contributed by atoms with van der Waals surface area (Å²) in [6, 6.07) is 17.0. The van der Waals surface area contributed by atoms with E-state index in [0.717, 1.165) is 29.2 Å². The molecule has 2 heterocycles. The molecule has 0 bridgehead atoms. The molecule has 1 aromatic heterocycles. The van der Waals surface area contributed by atoms with Gasteiger partial charge in [-0.05, 0) is 60.9 Å². The molecule has 9 heteroatoms. The number of nitrogens with zero attached hydrogens (tertiary/aromatic N) is 5. The summed E-state index contributed by atoms with van der Waals surface area (Å²) < 4.78 is 18.6. The normalized spacial score (nSPS) is 13.5. The van der Waals surface area contributed by atoms with E-state index in [9.17, 15) is 14.0 Å². The predicted octanol–water partition coefficient (Wildman–Crippen LogP) is 4.13. The number of aromatic nitrogens is 2. The Balaban J connectivity index is 1.35. The number of rotatable bonds is 9. The maximum Gasteiger partial charge on any atom is 0.254 e. The molecule has 3 aromatic rings. The number of hydrogen-bond donors (Lipinski definition) is 0. The van der Waals surface area contributed by atoms with Crippen LogP contribution in [0.2, 0.25) is 0 Å². The summed E-state index contributed by atoms with van der Waals surface area (Å²) in [5.74, 6) is 1.15. The van der Waals surface area contributed by atoms with Crippen LogP contribution in [0.4, 0.5) is 10.2 Å². The van der Waals surface area contributed by atoms with E-state index in [4.69, 9.17) is 4.74 Å². The zero-order valence-electron chi connectivity index (χ0n) is 22.1. The Bertz CT molecular complexity index is 1230. The first-order valence-electron chi connectivity index (χ1n) is 12.9. The van der Waals surface area contributed by atoms with Crippen molar-refractivity contribution in [3.05, 3.63) is 72.0 Å². The van der Waals surface area contributed by atoms with E-state index in [2.05, 4.69) is 28.9 Å². The number of carbonyl (C=O) groups is 2. The molecule has 0 spiro atoms. The minimum Gasteiger partial charge on any atom is -0.497 e. The number of amides is 2. The van der Waals surface area contributed by atoms with Gasteiger partial charge in [0.05, 0.1) is 12.8 Å². The molecule has 2 aromatic carbocycles. The summed E-state index contributed by atoms with van der Waals surface area (Å²) in [6.07, 6.45) is 0.776. The second-order valence-electron chi connectivity index (χ2n) is 9.79. The predicted molar refractivity (Wildman–Crippen MR) is 145 cm³/mol. The van der Waals surface area contributed by atoms with Crippen molar-refractivity contribution in [3.8, 4) is 17.0 Å². The van der Waals surface area contributed by atoms with Gasteiger partial charge < -0.3 is 19.4 Å². The molecule has 2 amide bonds. The van der Waals surface area contributed by atoms with Crippen LogP contribution in [0.15, 0.2) is 60.7 Å². The van der Waals surface area contributed by atoms with Crippen molar-refractivity contribution in [2.75, 3.05) is 51.3 Å². The van der Waals surface area contributed by atoms with Crippen molar-refractivity contribution in [1.82, 2.24) is 20.0 Å². The van der Waals surface area contributed by atoms with Gasteiger partial charge in [-0.2, -0.15) is 0 Å². The minimum absolute atomic E-state index is 0.00201. The van der Waals surface area contributed by atoms with E-state index in [1.165, 1.54) is 24.3 Å². The zero-order valence-corrected chi connectivity index (χ0v) is 22.1. The van der Waals surface area contributed by atoms with Crippen molar-refractivity contribution in [1.29, 1.82) is 0 Å².